The van der Waals surface area contributed by atoms with Crippen LogP contribution in [0.3, 0.4) is 0 Å². The van der Waals surface area contributed by atoms with Crippen LogP contribution < -0.4 is 4.74 Å². The summed E-state index contributed by atoms with van der Waals surface area (Å²) in [6.45, 7) is 3.87. The molecule has 3 aromatic carbocycles. The van der Waals surface area contributed by atoms with Crippen molar-refractivity contribution in [3.63, 3.8) is 0 Å². The molecule has 0 bridgehead atoms. The Hall–Kier alpha value is -2.95. The fourth-order valence-electron chi connectivity index (χ4n) is 3.98. The summed E-state index contributed by atoms with van der Waals surface area (Å²) >= 11 is 7.43. The number of thioether (sulfide) groups is 1. The Kier molecular flexibility index (Phi) is 7.88. The van der Waals surface area contributed by atoms with Crippen molar-refractivity contribution in [2.75, 3.05) is 13.4 Å². The normalized spacial score (nSPS) is 12.1. The molecule has 0 aliphatic heterocycles. The fourth-order valence-corrected chi connectivity index (χ4v) is 6.08. The van der Waals surface area contributed by atoms with Gasteiger partial charge in [0.05, 0.1) is 23.9 Å². The Bertz CT molecular complexity index is 1580. The summed E-state index contributed by atoms with van der Waals surface area (Å²) in [6.07, 6.45) is 2.64. The van der Waals surface area contributed by atoms with Crippen molar-refractivity contribution in [2.24, 2.45) is 0 Å². The zero-order chi connectivity index (χ0) is 27.8. The highest BCUT2D eigenvalue weighted by Crippen LogP contribution is 2.39. The van der Waals surface area contributed by atoms with E-state index in [-0.39, 0.29) is 27.0 Å². The number of sulfone groups is 1. The minimum atomic E-state index is -3.64. The summed E-state index contributed by atoms with van der Waals surface area (Å²) in [5.74, 6) is -1.50. The maximum Gasteiger partial charge on any atom is 0.175 e. The van der Waals surface area contributed by atoms with Gasteiger partial charge in [-0.05, 0) is 54.1 Å². The van der Waals surface area contributed by atoms with E-state index in [0.29, 0.717) is 16.5 Å². The lowest BCUT2D eigenvalue weighted by Gasteiger charge is -2.28. The lowest BCUT2D eigenvalue weighted by atomic mass is 9.81. The molecule has 1 aromatic heterocycles. The number of nitrogens with zero attached hydrogens (tertiary/aromatic N) is 2. The Morgan fingerprint density at radius 2 is 1.71 bits per heavy atom. The highest BCUT2D eigenvalue weighted by molar-refractivity contribution is 7.98. The van der Waals surface area contributed by atoms with Gasteiger partial charge in [-0.2, -0.15) is 0 Å². The van der Waals surface area contributed by atoms with Crippen LogP contribution in [0, 0.1) is 17.5 Å². The van der Waals surface area contributed by atoms with Crippen molar-refractivity contribution in [2.45, 2.75) is 35.1 Å². The van der Waals surface area contributed by atoms with Gasteiger partial charge in [0.15, 0.2) is 26.6 Å². The number of halogens is 4. The van der Waals surface area contributed by atoms with Crippen LogP contribution in [0.25, 0.3) is 5.69 Å². The molecule has 0 radical (unpaired) electrons. The SMILES string of the molecule is COc1cc(C(C)(C)c2cnc(SCc3c(F)cc(S(C)(=O)=O)cc3Cl)n2-c2ccc(F)cc2)ccc1F. The summed E-state index contributed by atoms with van der Waals surface area (Å²) < 4.78 is 73.3. The van der Waals surface area contributed by atoms with E-state index < -0.39 is 32.7 Å². The zero-order valence-electron chi connectivity index (χ0n) is 20.9. The van der Waals surface area contributed by atoms with Crippen LogP contribution in [0.5, 0.6) is 5.75 Å². The average molecular weight is 581 g/mol. The minimum Gasteiger partial charge on any atom is -0.494 e. The fraction of sp³-hybridized carbons (Fsp3) is 0.222. The molecule has 0 aliphatic rings. The van der Waals surface area contributed by atoms with Crippen molar-refractivity contribution in [3.8, 4) is 11.4 Å². The number of rotatable bonds is 8. The van der Waals surface area contributed by atoms with Crippen LogP contribution in [0.4, 0.5) is 13.2 Å². The molecule has 0 atom stereocenters. The number of hydrogen-bond donors (Lipinski definition) is 0. The predicted molar refractivity (Wildman–Crippen MR) is 143 cm³/mol. The van der Waals surface area contributed by atoms with Gasteiger partial charge in [-0.3, -0.25) is 4.57 Å². The summed E-state index contributed by atoms with van der Waals surface area (Å²) in [6, 6.07) is 12.6. The Morgan fingerprint density at radius 3 is 2.32 bits per heavy atom. The van der Waals surface area contributed by atoms with E-state index in [1.807, 2.05) is 18.4 Å². The minimum absolute atomic E-state index is 0.0169. The molecular formula is C27H24ClF3N2O3S2. The summed E-state index contributed by atoms with van der Waals surface area (Å²) in [4.78, 5) is 4.36. The van der Waals surface area contributed by atoms with E-state index >= 15 is 0 Å². The molecule has 0 aliphatic carbocycles. The molecule has 0 unspecified atom stereocenters. The molecule has 4 aromatic rings. The standard InChI is InChI=1S/C27H24ClF3N2O3S2/c1-27(2,16-5-10-22(30)24(11-16)36-3)25-14-32-26(33(25)18-8-6-17(29)7-9-18)37-15-20-21(28)12-19(13-23(20)31)38(4,34)35/h5-14H,15H2,1-4H3. The van der Waals surface area contributed by atoms with E-state index in [1.54, 1.807) is 30.5 Å². The van der Waals surface area contributed by atoms with Crippen LogP contribution in [0.2, 0.25) is 5.02 Å². The van der Waals surface area contributed by atoms with Gasteiger partial charge in [0.2, 0.25) is 0 Å². The number of imidazole rings is 1. The van der Waals surface area contributed by atoms with Gasteiger partial charge in [0, 0.05) is 33.7 Å². The van der Waals surface area contributed by atoms with Gasteiger partial charge in [0.1, 0.15) is 11.6 Å². The van der Waals surface area contributed by atoms with Crippen molar-refractivity contribution >= 4 is 33.2 Å². The number of ether oxygens (including phenoxy) is 1. The van der Waals surface area contributed by atoms with Crippen LogP contribution in [0.15, 0.2) is 70.8 Å². The molecule has 0 amide bonds. The maximum atomic E-state index is 14.9. The first kappa shape index (κ1) is 28.1. The predicted octanol–water partition coefficient (Wildman–Crippen LogP) is 6.97. The molecule has 0 fully saturated rings. The lowest BCUT2D eigenvalue weighted by molar-refractivity contribution is 0.384. The monoisotopic (exact) mass is 580 g/mol. The molecule has 200 valence electrons. The van der Waals surface area contributed by atoms with E-state index in [9.17, 15) is 21.6 Å². The van der Waals surface area contributed by atoms with Crippen LogP contribution in [-0.2, 0) is 21.0 Å². The number of methoxy groups -OCH3 is 1. The molecule has 38 heavy (non-hydrogen) atoms. The molecule has 4 rings (SSSR count). The van der Waals surface area contributed by atoms with Crippen LogP contribution in [0.1, 0.15) is 30.7 Å². The quantitative estimate of drug-likeness (QED) is 0.211. The van der Waals surface area contributed by atoms with Gasteiger partial charge in [0.25, 0.3) is 0 Å². The average Bonchev–Trinajstić information content (AvgIpc) is 3.28. The topological polar surface area (TPSA) is 61.2 Å². The smallest absolute Gasteiger partial charge is 0.175 e. The highest BCUT2D eigenvalue weighted by atomic mass is 35.5. The molecule has 0 saturated heterocycles. The summed E-state index contributed by atoms with van der Waals surface area (Å²) in [5, 5.41) is 0.452. The van der Waals surface area contributed by atoms with E-state index in [2.05, 4.69) is 4.98 Å². The van der Waals surface area contributed by atoms with Gasteiger partial charge in [-0.25, -0.2) is 26.6 Å². The maximum absolute atomic E-state index is 14.9. The first-order valence-electron chi connectivity index (χ1n) is 11.3. The van der Waals surface area contributed by atoms with Crippen LogP contribution in [-0.4, -0.2) is 31.3 Å². The van der Waals surface area contributed by atoms with E-state index in [1.165, 1.54) is 43.1 Å². The second-order valence-corrected chi connectivity index (χ2v) is 12.5. The first-order valence-corrected chi connectivity index (χ1v) is 14.6. The number of hydrogen-bond acceptors (Lipinski definition) is 5. The first-order chi connectivity index (χ1) is 17.8. The molecule has 5 nitrogen and oxygen atoms in total. The second kappa shape index (κ2) is 10.7. The van der Waals surface area contributed by atoms with Gasteiger partial charge >= 0.3 is 0 Å². The second-order valence-electron chi connectivity index (χ2n) is 9.14. The Labute approximate surface area is 228 Å². The van der Waals surface area contributed by atoms with Crippen molar-refractivity contribution in [3.05, 3.63) is 100 Å². The van der Waals surface area contributed by atoms with Crippen LogP contribution >= 0.6 is 23.4 Å². The third kappa shape index (κ3) is 5.57. The van der Waals surface area contributed by atoms with Gasteiger partial charge in [-0.1, -0.05) is 43.3 Å². The molecule has 11 heteroatoms. The van der Waals surface area contributed by atoms with Gasteiger partial charge in [-0.15, -0.1) is 0 Å². The largest absolute Gasteiger partial charge is 0.494 e. The van der Waals surface area contributed by atoms with E-state index in [0.717, 1.165) is 17.9 Å². The summed E-state index contributed by atoms with van der Waals surface area (Å²) in [5.41, 5.74) is 1.49. The molecule has 0 spiro atoms. The molecule has 0 saturated carbocycles. The number of aromatic nitrogens is 2. The van der Waals surface area contributed by atoms with Crippen molar-refractivity contribution in [1.29, 1.82) is 0 Å². The third-order valence-electron chi connectivity index (χ3n) is 6.22. The van der Waals surface area contributed by atoms with E-state index in [4.69, 9.17) is 16.3 Å². The van der Waals surface area contributed by atoms with Gasteiger partial charge < -0.3 is 4.74 Å². The lowest BCUT2D eigenvalue weighted by Crippen LogP contribution is -2.23. The molecular weight excluding hydrogens is 557 g/mol. The van der Waals surface area contributed by atoms with Crippen molar-refractivity contribution in [1.82, 2.24) is 9.55 Å². The molecule has 0 N–H and O–H groups in total. The third-order valence-corrected chi connectivity index (χ3v) is 8.62. The molecule has 1 heterocycles. The number of benzene rings is 3. The van der Waals surface area contributed by atoms with Crippen molar-refractivity contribution < 1.29 is 26.3 Å². The summed E-state index contributed by atoms with van der Waals surface area (Å²) in [7, 11) is -2.25. The Balaban J connectivity index is 1.78. The highest BCUT2D eigenvalue weighted by Gasteiger charge is 2.30. The Morgan fingerprint density at radius 1 is 1.03 bits per heavy atom. The zero-order valence-corrected chi connectivity index (χ0v) is 23.3.